The Bertz CT molecular complexity index is 719. The highest BCUT2D eigenvalue weighted by molar-refractivity contribution is 7.99. The van der Waals surface area contributed by atoms with Crippen LogP contribution in [-0.4, -0.2) is 29.9 Å². The second-order valence-corrected chi connectivity index (χ2v) is 8.33. The van der Waals surface area contributed by atoms with Crippen molar-refractivity contribution in [2.24, 2.45) is 0 Å². The van der Waals surface area contributed by atoms with Crippen LogP contribution in [-0.2, 0) is 14.3 Å². The lowest BCUT2D eigenvalue weighted by atomic mass is 9.76. The third-order valence-electron chi connectivity index (χ3n) is 4.54. The van der Waals surface area contributed by atoms with Crippen molar-refractivity contribution in [3.8, 4) is 0 Å². The smallest absolute Gasteiger partial charge is 0.336 e. The van der Waals surface area contributed by atoms with E-state index in [1.165, 1.54) is 0 Å². The van der Waals surface area contributed by atoms with Gasteiger partial charge in [0, 0.05) is 35.1 Å². The first-order valence-electron chi connectivity index (χ1n) is 8.64. The highest BCUT2D eigenvalue weighted by Crippen LogP contribution is 2.42. The van der Waals surface area contributed by atoms with Gasteiger partial charge in [0.1, 0.15) is 6.61 Å². The third-order valence-corrected chi connectivity index (χ3v) is 6.10. The number of hydrogen-bond donors (Lipinski definition) is 1. The molecule has 1 aliphatic carbocycles. The van der Waals surface area contributed by atoms with Gasteiger partial charge in [0.25, 0.3) is 0 Å². The molecule has 0 bridgehead atoms. The van der Waals surface area contributed by atoms with Crippen molar-refractivity contribution in [2.75, 3.05) is 18.1 Å². The zero-order chi connectivity index (χ0) is 17.8. The number of thioether (sulfide) groups is 1. The summed E-state index contributed by atoms with van der Waals surface area (Å²) >= 11 is 3.32. The molecule has 3 rings (SSSR count). The van der Waals surface area contributed by atoms with Crippen molar-refractivity contribution in [1.29, 1.82) is 0 Å². The first-order chi connectivity index (χ1) is 12.1. The molecule has 1 aromatic heterocycles. The number of carbonyl (C=O) groups is 2. The van der Waals surface area contributed by atoms with Crippen molar-refractivity contribution in [2.45, 2.75) is 39.0 Å². The van der Waals surface area contributed by atoms with E-state index in [4.69, 9.17) is 4.74 Å². The first kappa shape index (κ1) is 18.3. The van der Waals surface area contributed by atoms with Crippen LogP contribution in [0.4, 0.5) is 0 Å². The molecular formula is C19H23NO3S2. The van der Waals surface area contributed by atoms with Gasteiger partial charge in [-0.05, 0) is 47.9 Å². The van der Waals surface area contributed by atoms with Gasteiger partial charge in [-0.3, -0.25) is 4.79 Å². The Morgan fingerprint density at radius 1 is 1.44 bits per heavy atom. The van der Waals surface area contributed by atoms with Gasteiger partial charge in [0.2, 0.25) is 0 Å². The van der Waals surface area contributed by atoms with Crippen LogP contribution in [0.2, 0.25) is 0 Å². The Hall–Kier alpha value is -1.53. The van der Waals surface area contributed by atoms with E-state index in [1.54, 1.807) is 23.1 Å². The van der Waals surface area contributed by atoms with E-state index in [-0.39, 0.29) is 17.7 Å². The fraction of sp³-hybridized carbons (Fsp3) is 0.474. The van der Waals surface area contributed by atoms with E-state index in [1.807, 2.05) is 23.8 Å². The van der Waals surface area contributed by atoms with E-state index < -0.39 is 0 Å². The molecule has 0 aromatic carbocycles. The maximum atomic E-state index is 12.8. The predicted molar refractivity (Wildman–Crippen MR) is 103 cm³/mol. The zero-order valence-electron chi connectivity index (χ0n) is 14.6. The molecular weight excluding hydrogens is 354 g/mol. The van der Waals surface area contributed by atoms with E-state index in [2.05, 4.69) is 12.2 Å². The van der Waals surface area contributed by atoms with Crippen LogP contribution in [0.3, 0.4) is 0 Å². The SMILES string of the molecule is CCSCCOC(=O)C1=C(C)NC2=C(C(=O)CCC2)[C@@H]1c1ccsc1. The molecule has 1 atom stereocenters. The maximum Gasteiger partial charge on any atom is 0.336 e. The van der Waals surface area contributed by atoms with Crippen molar-refractivity contribution < 1.29 is 14.3 Å². The van der Waals surface area contributed by atoms with Gasteiger partial charge in [0.15, 0.2) is 5.78 Å². The molecule has 4 nitrogen and oxygen atoms in total. The van der Waals surface area contributed by atoms with Crippen molar-refractivity contribution in [3.05, 3.63) is 44.9 Å². The van der Waals surface area contributed by atoms with Crippen LogP contribution >= 0.6 is 23.1 Å². The Balaban J connectivity index is 1.92. The molecule has 134 valence electrons. The van der Waals surface area contributed by atoms with Gasteiger partial charge in [-0.1, -0.05) is 6.92 Å². The molecule has 1 aromatic rings. The highest BCUT2D eigenvalue weighted by Gasteiger charge is 2.39. The minimum atomic E-state index is -0.317. The number of carbonyl (C=O) groups excluding carboxylic acids is 2. The molecule has 0 radical (unpaired) electrons. The fourth-order valence-corrected chi connectivity index (χ4v) is 4.62. The molecule has 2 heterocycles. The Morgan fingerprint density at radius 2 is 2.28 bits per heavy atom. The number of hydrogen-bond acceptors (Lipinski definition) is 6. The number of esters is 1. The molecule has 2 aliphatic rings. The summed E-state index contributed by atoms with van der Waals surface area (Å²) in [4.78, 5) is 25.4. The van der Waals surface area contributed by atoms with Gasteiger partial charge >= 0.3 is 5.97 Å². The number of allylic oxidation sites excluding steroid dienone is 3. The average molecular weight is 378 g/mol. The quantitative estimate of drug-likeness (QED) is 0.600. The molecule has 1 N–H and O–H groups in total. The first-order valence-corrected chi connectivity index (χ1v) is 10.7. The second kappa shape index (κ2) is 8.23. The number of ether oxygens (including phenoxy) is 1. The standard InChI is InChI=1S/C19H23NO3S2/c1-3-24-10-8-23-19(22)16-12(2)20-14-5-4-6-15(21)18(14)17(16)13-7-9-25-11-13/h7,9,11,17,20H,3-6,8,10H2,1-2H3/t17-/m1/s1. The predicted octanol–water partition coefficient (Wildman–Crippen LogP) is 4.01. The molecule has 1 aliphatic heterocycles. The van der Waals surface area contributed by atoms with Crippen LogP contribution in [0.15, 0.2) is 39.4 Å². The fourth-order valence-electron chi connectivity index (χ4n) is 3.44. The van der Waals surface area contributed by atoms with Crippen molar-refractivity contribution in [3.63, 3.8) is 0 Å². The monoisotopic (exact) mass is 377 g/mol. The topological polar surface area (TPSA) is 55.4 Å². The summed E-state index contributed by atoms with van der Waals surface area (Å²) in [6.07, 6.45) is 2.27. The van der Waals surface area contributed by atoms with E-state index in [9.17, 15) is 9.59 Å². The largest absolute Gasteiger partial charge is 0.461 e. The van der Waals surface area contributed by atoms with Gasteiger partial charge in [-0.25, -0.2) is 4.79 Å². The molecule has 0 saturated carbocycles. The number of nitrogens with one attached hydrogen (secondary N) is 1. The van der Waals surface area contributed by atoms with Crippen molar-refractivity contribution in [1.82, 2.24) is 5.32 Å². The second-order valence-electron chi connectivity index (χ2n) is 6.16. The summed E-state index contributed by atoms with van der Waals surface area (Å²) in [5.74, 6) is 1.31. The van der Waals surface area contributed by atoms with Gasteiger partial charge in [-0.15, -0.1) is 0 Å². The van der Waals surface area contributed by atoms with E-state index in [0.29, 0.717) is 18.6 Å². The number of rotatable bonds is 6. The lowest BCUT2D eigenvalue weighted by Crippen LogP contribution is -2.34. The van der Waals surface area contributed by atoms with Crippen LogP contribution < -0.4 is 5.32 Å². The van der Waals surface area contributed by atoms with Crippen LogP contribution in [0, 0.1) is 0 Å². The molecule has 25 heavy (non-hydrogen) atoms. The minimum absolute atomic E-state index is 0.143. The summed E-state index contributed by atoms with van der Waals surface area (Å²) in [6, 6.07) is 2.00. The number of thiophene rings is 1. The summed E-state index contributed by atoms with van der Waals surface area (Å²) in [6.45, 7) is 4.38. The molecule has 6 heteroatoms. The summed E-state index contributed by atoms with van der Waals surface area (Å²) in [5, 5.41) is 7.32. The van der Waals surface area contributed by atoms with Gasteiger partial charge in [-0.2, -0.15) is 23.1 Å². The molecule has 0 unspecified atom stereocenters. The van der Waals surface area contributed by atoms with Crippen molar-refractivity contribution >= 4 is 34.9 Å². The third kappa shape index (κ3) is 3.85. The Kier molecular flexibility index (Phi) is 6.02. The number of ketones is 1. The summed E-state index contributed by atoms with van der Waals surface area (Å²) in [5.41, 5.74) is 4.11. The van der Waals surface area contributed by atoms with Crippen LogP contribution in [0.5, 0.6) is 0 Å². The minimum Gasteiger partial charge on any atom is -0.461 e. The normalized spacial score (nSPS) is 20.4. The highest BCUT2D eigenvalue weighted by atomic mass is 32.2. The number of Topliss-reactive ketones (excluding diaryl/α,β-unsaturated/α-hetero) is 1. The lowest BCUT2D eigenvalue weighted by Gasteiger charge is -2.33. The Morgan fingerprint density at radius 3 is 3.00 bits per heavy atom. The molecule has 0 fully saturated rings. The summed E-state index contributed by atoms with van der Waals surface area (Å²) in [7, 11) is 0. The Labute approximate surface area is 156 Å². The van der Waals surface area contributed by atoms with E-state index in [0.717, 1.165) is 46.9 Å². The van der Waals surface area contributed by atoms with Gasteiger partial charge in [0.05, 0.1) is 5.57 Å². The van der Waals surface area contributed by atoms with Crippen LogP contribution in [0.1, 0.15) is 44.6 Å². The number of dihydropyridines is 1. The average Bonchev–Trinajstić information content (AvgIpc) is 3.12. The molecule has 0 amide bonds. The van der Waals surface area contributed by atoms with Gasteiger partial charge < -0.3 is 10.1 Å². The molecule has 0 spiro atoms. The lowest BCUT2D eigenvalue weighted by molar-refractivity contribution is -0.138. The van der Waals surface area contributed by atoms with Crippen LogP contribution in [0.25, 0.3) is 0 Å². The van der Waals surface area contributed by atoms with E-state index >= 15 is 0 Å². The summed E-state index contributed by atoms with van der Waals surface area (Å²) < 4.78 is 5.51. The maximum absolute atomic E-state index is 12.8. The molecule has 0 saturated heterocycles. The zero-order valence-corrected chi connectivity index (χ0v) is 16.2.